The van der Waals surface area contributed by atoms with Crippen LogP contribution in [-0.2, 0) is 6.42 Å². The van der Waals surface area contributed by atoms with Crippen LogP contribution in [-0.4, -0.2) is 35.7 Å². The highest BCUT2D eigenvalue weighted by Crippen LogP contribution is 2.36. The number of para-hydroxylation sites is 1. The van der Waals surface area contributed by atoms with Gasteiger partial charge in [-0.1, -0.05) is 6.07 Å². The number of rotatable bonds is 3. The SMILES string of the molecule is O=C(c1cccc2c1OCO2)N1CCC(Cc2ccncc2)C1. The molecule has 0 bridgehead atoms. The van der Waals surface area contributed by atoms with Gasteiger partial charge in [0.2, 0.25) is 6.79 Å². The molecule has 0 N–H and O–H groups in total. The molecule has 1 amide bonds. The fourth-order valence-electron chi connectivity index (χ4n) is 3.30. The molecule has 1 aromatic heterocycles. The van der Waals surface area contributed by atoms with E-state index < -0.39 is 0 Å². The first kappa shape index (κ1) is 14.1. The second kappa shape index (κ2) is 5.91. The van der Waals surface area contributed by atoms with Crippen molar-refractivity contribution in [2.24, 2.45) is 5.92 Å². The Kier molecular flexibility index (Phi) is 3.61. The molecule has 0 aliphatic carbocycles. The number of likely N-dealkylation sites (tertiary alicyclic amines) is 1. The second-order valence-corrected chi connectivity index (χ2v) is 6.00. The zero-order valence-electron chi connectivity index (χ0n) is 12.8. The first-order valence-electron chi connectivity index (χ1n) is 7.88. The quantitative estimate of drug-likeness (QED) is 0.874. The molecule has 0 saturated carbocycles. The van der Waals surface area contributed by atoms with Crippen LogP contribution in [0.15, 0.2) is 42.7 Å². The van der Waals surface area contributed by atoms with Crippen molar-refractivity contribution in [3.8, 4) is 11.5 Å². The van der Waals surface area contributed by atoms with E-state index in [2.05, 4.69) is 4.98 Å². The Bertz CT molecular complexity index is 717. The molecule has 118 valence electrons. The van der Waals surface area contributed by atoms with Gasteiger partial charge in [-0.25, -0.2) is 0 Å². The Morgan fingerprint density at radius 1 is 1.22 bits per heavy atom. The van der Waals surface area contributed by atoms with Crippen molar-refractivity contribution in [2.45, 2.75) is 12.8 Å². The summed E-state index contributed by atoms with van der Waals surface area (Å²) < 4.78 is 10.8. The molecule has 1 aromatic carbocycles. The second-order valence-electron chi connectivity index (χ2n) is 6.00. The van der Waals surface area contributed by atoms with Crippen molar-refractivity contribution in [1.29, 1.82) is 0 Å². The molecule has 4 rings (SSSR count). The minimum absolute atomic E-state index is 0.0320. The predicted octanol–water partition coefficient (Wildman–Crippen LogP) is 2.52. The number of hydrogen-bond acceptors (Lipinski definition) is 4. The normalized spacial score (nSPS) is 19.1. The maximum Gasteiger partial charge on any atom is 0.257 e. The average molecular weight is 310 g/mol. The summed E-state index contributed by atoms with van der Waals surface area (Å²) in [5.74, 6) is 1.76. The van der Waals surface area contributed by atoms with E-state index in [-0.39, 0.29) is 12.7 Å². The lowest BCUT2D eigenvalue weighted by atomic mass is 10.00. The van der Waals surface area contributed by atoms with Gasteiger partial charge in [-0.05, 0) is 48.6 Å². The van der Waals surface area contributed by atoms with Gasteiger partial charge in [0.1, 0.15) is 0 Å². The maximum atomic E-state index is 12.8. The minimum atomic E-state index is 0.0320. The van der Waals surface area contributed by atoms with Gasteiger partial charge in [0.25, 0.3) is 5.91 Å². The fourth-order valence-corrected chi connectivity index (χ4v) is 3.30. The monoisotopic (exact) mass is 310 g/mol. The largest absolute Gasteiger partial charge is 0.454 e. The van der Waals surface area contributed by atoms with Crippen molar-refractivity contribution in [3.63, 3.8) is 0 Å². The van der Waals surface area contributed by atoms with Crippen LogP contribution in [0, 0.1) is 5.92 Å². The lowest BCUT2D eigenvalue weighted by Gasteiger charge is -2.17. The molecule has 2 aliphatic rings. The molecule has 1 unspecified atom stereocenters. The van der Waals surface area contributed by atoms with E-state index in [1.807, 2.05) is 47.6 Å². The van der Waals surface area contributed by atoms with E-state index in [1.165, 1.54) is 5.56 Å². The summed E-state index contributed by atoms with van der Waals surface area (Å²) in [7, 11) is 0. The summed E-state index contributed by atoms with van der Waals surface area (Å²) in [6.07, 6.45) is 5.65. The Morgan fingerprint density at radius 3 is 2.96 bits per heavy atom. The number of aromatic nitrogens is 1. The van der Waals surface area contributed by atoms with Gasteiger partial charge >= 0.3 is 0 Å². The number of ether oxygens (including phenoxy) is 2. The van der Waals surface area contributed by atoms with Gasteiger partial charge in [0, 0.05) is 25.5 Å². The van der Waals surface area contributed by atoms with Crippen molar-refractivity contribution in [2.75, 3.05) is 19.9 Å². The summed E-state index contributed by atoms with van der Waals surface area (Å²) in [5.41, 5.74) is 1.88. The molecule has 1 atom stereocenters. The van der Waals surface area contributed by atoms with E-state index in [1.54, 1.807) is 0 Å². The number of carbonyl (C=O) groups is 1. The summed E-state index contributed by atoms with van der Waals surface area (Å²) in [6.45, 7) is 1.76. The van der Waals surface area contributed by atoms with E-state index in [9.17, 15) is 4.79 Å². The first-order valence-corrected chi connectivity index (χ1v) is 7.88. The number of benzene rings is 1. The van der Waals surface area contributed by atoms with Crippen LogP contribution < -0.4 is 9.47 Å². The standard InChI is InChI=1S/C18H18N2O3/c21-18(15-2-1-3-16-17(15)23-12-22-16)20-9-6-14(11-20)10-13-4-7-19-8-5-13/h1-5,7-8,14H,6,9-12H2. The smallest absolute Gasteiger partial charge is 0.257 e. The number of amides is 1. The van der Waals surface area contributed by atoms with Crippen molar-refractivity contribution >= 4 is 5.91 Å². The summed E-state index contributed by atoms with van der Waals surface area (Å²) in [4.78, 5) is 18.8. The predicted molar refractivity (Wildman–Crippen MR) is 84.5 cm³/mol. The first-order chi connectivity index (χ1) is 11.3. The van der Waals surface area contributed by atoms with Crippen molar-refractivity contribution < 1.29 is 14.3 Å². The molecule has 2 aromatic rings. The number of pyridine rings is 1. The van der Waals surface area contributed by atoms with Crippen LogP contribution in [0.5, 0.6) is 11.5 Å². The molecule has 0 spiro atoms. The fraction of sp³-hybridized carbons (Fsp3) is 0.333. The number of nitrogens with zero attached hydrogens (tertiary/aromatic N) is 2. The molecule has 1 saturated heterocycles. The molecular weight excluding hydrogens is 292 g/mol. The maximum absolute atomic E-state index is 12.8. The molecule has 2 aliphatic heterocycles. The number of fused-ring (bicyclic) bond motifs is 1. The summed E-state index contributed by atoms with van der Waals surface area (Å²) >= 11 is 0. The molecule has 5 nitrogen and oxygen atoms in total. The molecule has 1 fully saturated rings. The van der Waals surface area contributed by atoms with Crippen molar-refractivity contribution in [1.82, 2.24) is 9.88 Å². The lowest BCUT2D eigenvalue weighted by molar-refractivity contribution is 0.0782. The van der Waals surface area contributed by atoms with Crippen LogP contribution in [0.25, 0.3) is 0 Å². The Balaban J connectivity index is 1.46. The average Bonchev–Trinajstić information content (AvgIpc) is 3.24. The van der Waals surface area contributed by atoms with Crippen LogP contribution in [0.3, 0.4) is 0 Å². The zero-order chi connectivity index (χ0) is 15.6. The number of hydrogen-bond donors (Lipinski definition) is 0. The van der Waals surface area contributed by atoms with Gasteiger partial charge in [-0.2, -0.15) is 0 Å². The third kappa shape index (κ3) is 2.74. The molecule has 0 radical (unpaired) electrons. The highest BCUT2D eigenvalue weighted by molar-refractivity contribution is 5.98. The van der Waals surface area contributed by atoms with E-state index >= 15 is 0 Å². The Labute approximate surface area is 134 Å². The molecule has 3 heterocycles. The Morgan fingerprint density at radius 2 is 2.09 bits per heavy atom. The van der Waals surface area contributed by atoms with E-state index in [0.717, 1.165) is 25.9 Å². The third-order valence-corrected chi connectivity index (χ3v) is 4.47. The number of carbonyl (C=O) groups excluding carboxylic acids is 1. The summed E-state index contributed by atoms with van der Waals surface area (Å²) in [5, 5.41) is 0. The van der Waals surface area contributed by atoms with Crippen LogP contribution in [0.4, 0.5) is 0 Å². The van der Waals surface area contributed by atoms with Crippen LogP contribution in [0.1, 0.15) is 22.3 Å². The van der Waals surface area contributed by atoms with Gasteiger partial charge in [0.05, 0.1) is 5.56 Å². The van der Waals surface area contributed by atoms with E-state index in [4.69, 9.17) is 9.47 Å². The highest BCUT2D eigenvalue weighted by Gasteiger charge is 2.30. The van der Waals surface area contributed by atoms with Gasteiger partial charge in [0.15, 0.2) is 11.5 Å². The molecule has 5 heteroatoms. The molecular formula is C18H18N2O3. The topological polar surface area (TPSA) is 51.7 Å². The van der Waals surface area contributed by atoms with Gasteiger partial charge < -0.3 is 14.4 Å². The Hall–Kier alpha value is -2.56. The zero-order valence-corrected chi connectivity index (χ0v) is 12.8. The lowest BCUT2D eigenvalue weighted by Crippen LogP contribution is -2.29. The third-order valence-electron chi connectivity index (χ3n) is 4.47. The van der Waals surface area contributed by atoms with E-state index in [0.29, 0.717) is 23.0 Å². The molecule has 23 heavy (non-hydrogen) atoms. The van der Waals surface area contributed by atoms with Gasteiger partial charge in [-0.15, -0.1) is 0 Å². The highest BCUT2D eigenvalue weighted by atomic mass is 16.7. The van der Waals surface area contributed by atoms with Gasteiger partial charge in [-0.3, -0.25) is 9.78 Å². The van der Waals surface area contributed by atoms with Crippen LogP contribution >= 0.6 is 0 Å². The van der Waals surface area contributed by atoms with Crippen LogP contribution in [0.2, 0.25) is 0 Å². The minimum Gasteiger partial charge on any atom is -0.454 e. The van der Waals surface area contributed by atoms with Crippen molar-refractivity contribution in [3.05, 3.63) is 53.9 Å². The summed E-state index contributed by atoms with van der Waals surface area (Å²) in [6, 6.07) is 9.56.